The summed E-state index contributed by atoms with van der Waals surface area (Å²) in [6, 6.07) is 1.70. The van der Waals surface area contributed by atoms with E-state index >= 15 is 0 Å². The zero-order valence-electron chi connectivity index (χ0n) is 6.02. The van der Waals surface area contributed by atoms with E-state index < -0.39 is 0 Å². The van der Waals surface area contributed by atoms with Crippen LogP contribution in [0, 0.1) is 0 Å². The highest BCUT2D eigenvalue weighted by atomic mass is 32.1. The minimum Gasteiger partial charge on any atom is -0.296 e. The van der Waals surface area contributed by atoms with Crippen LogP contribution in [0.1, 0.15) is 10.5 Å². The van der Waals surface area contributed by atoms with Crippen molar-refractivity contribution in [3.05, 3.63) is 18.0 Å². The molecular weight excluding hydrogens is 171 g/mol. The molecule has 0 bridgehead atoms. The van der Waals surface area contributed by atoms with Crippen molar-refractivity contribution in [2.45, 2.75) is 0 Å². The Hall–Kier alpha value is -1.23. The van der Waals surface area contributed by atoms with E-state index in [0.717, 1.165) is 10.2 Å². The van der Waals surface area contributed by atoms with Crippen molar-refractivity contribution in [3.63, 3.8) is 0 Å². The zero-order valence-corrected chi connectivity index (χ0v) is 6.84. The van der Waals surface area contributed by atoms with E-state index in [2.05, 4.69) is 9.36 Å². The van der Waals surface area contributed by atoms with Crippen LogP contribution in [-0.4, -0.2) is 23.5 Å². The van der Waals surface area contributed by atoms with Gasteiger partial charge in [0.1, 0.15) is 18.4 Å². The van der Waals surface area contributed by atoms with Crippen LogP contribution in [0.3, 0.4) is 0 Å². The van der Waals surface area contributed by atoms with Gasteiger partial charge in [-0.25, -0.2) is 4.98 Å². The molecule has 2 rings (SSSR count). The maximum Gasteiger partial charge on any atom is 0.170 e. The van der Waals surface area contributed by atoms with E-state index in [-0.39, 0.29) is 0 Å². The number of carbonyl (C=O) groups excluding carboxylic acids is 1. The van der Waals surface area contributed by atoms with Gasteiger partial charge in [-0.2, -0.15) is 4.37 Å². The van der Waals surface area contributed by atoms with Crippen molar-refractivity contribution in [1.82, 2.24) is 9.36 Å². The average Bonchev–Trinajstić information content (AvgIpc) is 2.46. The summed E-state index contributed by atoms with van der Waals surface area (Å²) in [4.78, 5) is 15.2. The number of pyridine rings is 1. The van der Waals surface area contributed by atoms with Crippen LogP contribution in [0.5, 0.6) is 0 Å². The number of hydrogen-bond acceptors (Lipinski definition) is 4. The predicted molar refractivity (Wildman–Crippen MR) is 48.2 cm³/mol. The Balaban J connectivity index is 2.83. The monoisotopic (exact) mass is 174 g/mol. The van der Waals surface area contributed by atoms with Crippen LogP contribution < -0.4 is 5.46 Å². The molecule has 0 aliphatic heterocycles. The summed E-state index contributed by atoms with van der Waals surface area (Å²) in [5, 5.41) is 0.731. The van der Waals surface area contributed by atoms with E-state index in [1.807, 2.05) is 0 Å². The molecule has 2 radical (unpaired) electrons. The molecule has 5 heteroatoms. The smallest absolute Gasteiger partial charge is 0.170 e. The highest BCUT2D eigenvalue weighted by molar-refractivity contribution is 7.13. The molecule has 0 aliphatic carbocycles. The summed E-state index contributed by atoms with van der Waals surface area (Å²) < 4.78 is 3.91. The van der Waals surface area contributed by atoms with Crippen LogP contribution in [0.15, 0.2) is 12.3 Å². The number of carbonyl (C=O) groups is 1. The molecule has 2 aromatic heterocycles. The third kappa shape index (κ3) is 1.02. The first kappa shape index (κ1) is 7.43. The average molecular weight is 174 g/mol. The first-order valence-electron chi connectivity index (χ1n) is 3.27. The van der Waals surface area contributed by atoms with Gasteiger partial charge >= 0.3 is 0 Å². The van der Waals surface area contributed by atoms with Crippen LogP contribution in [0.25, 0.3) is 10.2 Å². The molecule has 0 fully saturated rings. The van der Waals surface area contributed by atoms with E-state index in [1.54, 1.807) is 12.3 Å². The Morgan fingerprint density at radius 1 is 1.58 bits per heavy atom. The molecular formula is C7H3BN2OS. The van der Waals surface area contributed by atoms with Crippen molar-refractivity contribution >= 4 is 41.3 Å². The molecule has 0 saturated heterocycles. The Morgan fingerprint density at radius 2 is 2.42 bits per heavy atom. The van der Waals surface area contributed by atoms with Gasteiger partial charge in [0.05, 0.1) is 0 Å². The molecule has 0 saturated carbocycles. The highest BCUT2D eigenvalue weighted by Gasteiger charge is 2.04. The molecule has 0 aliphatic rings. The van der Waals surface area contributed by atoms with Crippen molar-refractivity contribution in [2.24, 2.45) is 0 Å². The van der Waals surface area contributed by atoms with E-state index in [4.69, 9.17) is 7.85 Å². The van der Waals surface area contributed by atoms with E-state index in [0.29, 0.717) is 17.4 Å². The summed E-state index contributed by atoms with van der Waals surface area (Å²) in [7, 11) is 5.51. The first-order valence-corrected chi connectivity index (χ1v) is 4.04. The Kier molecular flexibility index (Phi) is 1.66. The van der Waals surface area contributed by atoms with E-state index in [9.17, 15) is 4.79 Å². The lowest BCUT2D eigenvalue weighted by Crippen LogP contribution is -2.01. The second kappa shape index (κ2) is 2.67. The SMILES string of the molecule is [B]c1cnc2snc(C=O)c2c1. The standard InChI is InChI=1S/C7H3BN2OS/c8-4-1-5-6(3-11)10-12-7(5)9-2-4/h1-3H. The van der Waals surface area contributed by atoms with Crippen LogP contribution in [0.4, 0.5) is 0 Å². The molecule has 0 aromatic carbocycles. The minimum atomic E-state index is 0.412. The quantitative estimate of drug-likeness (QED) is 0.461. The van der Waals surface area contributed by atoms with Gasteiger partial charge in [0, 0.05) is 11.6 Å². The molecule has 0 spiro atoms. The van der Waals surface area contributed by atoms with Crippen molar-refractivity contribution in [3.8, 4) is 0 Å². The van der Waals surface area contributed by atoms with Gasteiger partial charge < -0.3 is 0 Å². The zero-order chi connectivity index (χ0) is 8.55. The molecule has 0 N–H and O–H groups in total. The molecule has 2 aromatic rings. The molecule has 0 atom stereocenters. The van der Waals surface area contributed by atoms with Crippen molar-refractivity contribution < 1.29 is 4.79 Å². The molecule has 0 amide bonds. The van der Waals surface area contributed by atoms with E-state index in [1.165, 1.54) is 11.5 Å². The number of nitrogens with zero attached hydrogens (tertiary/aromatic N) is 2. The number of fused-ring (bicyclic) bond motifs is 1. The maximum atomic E-state index is 10.5. The second-order valence-electron chi connectivity index (χ2n) is 2.31. The van der Waals surface area contributed by atoms with Gasteiger partial charge in [-0.05, 0) is 11.5 Å². The lowest BCUT2D eigenvalue weighted by molar-refractivity contribution is 0.112. The second-order valence-corrected chi connectivity index (χ2v) is 3.06. The predicted octanol–water partition coefficient (Wildman–Crippen LogP) is 0.298. The summed E-state index contributed by atoms with van der Waals surface area (Å²) in [6.07, 6.45) is 2.26. The van der Waals surface area contributed by atoms with Gasteiger partial charge in [0.25, 0.3) is 0 Å². The van der Waals surface area contributed by atoms with Gasteiger partial charge in [-0.3, -0.25) is 4.79 Å². The fraction of sp³-hybridized carbons (Fsp3) is 0. The van der Waals surface area contributed by atoms with Gasteiger partial charge in [0.2, 0.25) is 0 Å². The molecule has 56 valence electrons. The lowest BCUT2D eigenvalue weighted by Gasteiger charge is -1.90. The third-order valence-electron chi connectivity index (χ3n) is 1.49. The topological polar surface area (TPSA) is 42.9 Å². The highest BCUT2D eigenvalue weighted by Crippen LogP contribution is 2.16. The van der Waals surface area contributed by atoms with Crippen molar-refractivity contribution in [1.29, 1.82) is 0 Å². The Morgan fingerprint density at radius 3 is 3.17 bits per heavy atom. The Bertz CT molecular complexity index is 440. The van der Waals surface area contributed by atoms with Gasteiger partial charge in [0.15, 0.2) is 6.29 Å². The molecule has 0 unspecified atom stereocenters. The molecule has 3 nitrogen and oxygen atoms in total. The number of aromatic nitrogens is 2. The number of aldehydes is 1. The summed E-state index contributed by atoms with van der Waals surface area (Å²) >= 11 is 1.20. The fourth-order valence-corrected chi connectivity index (χ4v) is 1.64. The number of hydrogen-bond donors (Lipinski definition) is 0. The van der Waals surface area contributed by atoms with Gasteiger partial charge in [-0.1, -0.05) is 11.5 Å². The normalized spacial score (nSPS) is 10.3. The molecule has 2 heterocycles. The largest absolute Gasteiger partial charge is 0.296 e. The van der Waals surface area contributed by atoms with Crippen LogP contribution >= 0.6 is 11.5 Å². The maximum absolute atomic E-state index is 10.5. The lowest BCUT2D eigenvalue weighted by atomic mass is 9.98. The molecule has 12 heavy (non-hydrogen) atoms. The summed E-state index contributed by atoms with van der Waals surface area (Å²) in [5.41, 5.74) is 0.959. The van der Waals surface area contributed by atoms with Gasteiger partial charge in [-0.15, -0.1) is 0 Å². The van der Waals surface area contributed by atoms with Crippen molar-refractivity contribution in [2.75, 3.05) is 0 Å². The number of rotatable bonds is 1. The first-order chi connectivity index (χ1) is 5.81. The Labute approximate surface area is 74.0 Å². The summed E-state index contributed by atoms with van der Waals surface area (Å²) in [6.45, 7) is 0. The fourth-order valence-electron chi connectivity index (χ4n) is 0.951. The summed E-state index contributed by atoms with van der Waals surface area (Å²) in [5.74, 6) is 0. The van der Waals surface area contributed by atoms with Crippen LogP contribution in [-0.2, 0) is 0 Å². The third-order valence-corrected chi connectivity index (χ3v) is 2.28. The van der Waals surface area contributed by atoms with Crippen LogP contribution in [0.2, 0.25) is 0 Å². The minimum absolute atomic E-state index is 0.412.